The van der Waals surface area contributed by atoms with Gasteiger partial charge in [-0.3, -0.25) is 10.1 Å². The Labute approximate surface area is 124 Å². The monoisotopic (exact) mass is 336 g/mol. The van der Waals surface area contributed by atoms with Gasteiger partial charge >= 0.3 is 5.69 Å². The first-order chi connectivity index (χ1) is 9.51. The van der Waals surface area contributed by atoms with Crippen molar-refractivity contribution in [1.29, 1.82) is 0 Å². The summed E-state index contributed by atoms with van der Waals surface area (Å²) in [6, 6.07) is 6.78. The van der Waals surface area contributed by atoms with E-state index < -0.39 is 4.92 Å². The lowest BCUT2D eigenvalue weighted by molar-refractivity contribution is -0.385. The number of rotatable bonds is 4. The van der Waals surface area contributed by atoms with Gasteiger partial charge < -0.3 is 4.74 Å². The second-order valence-corrected chi connectivity index (χ2v) is 5.17. The summed E-state index contributed by atoms with van der Waals surface area (Å²) >= 11 is 3.34. The number of nitro benzene ring substituents is 1. The number of hydrogen-bond donors (Lipinski definition) is 0. The molecule has 0 amide bonds. The Morgan fingerprint density at radius 2 is 2.15 bits per heavy atom. The fourth-order valence-corrected chi connectivity index (χ4v) is 2.26. The van der Waals surface area contributed by atoms with Crippen LogP contribution in [0.4, 0.5) is 5.69 Å². The lowest BCUT2D eigenvalue weighted by atomic mass is 10.1. The summed E-state index contributed by atoms with van der Waals surface area (Å²) in [5.41, 5.74) is 1.80. The number of aryl methyl sites for hydroxylation is 2. The van der Waals surface area contributed by atoms with Crippen LogP contribution < -0.4 is 4.74 Å². The number of ether oxygens (including phenoxy) is 1. The fourth-order valence-electron chi connectivity index (χ4n) is 1.71. The lowest BCUT2D eigenvalue weighted by Gasteiger charge is -2.08. The van der Waals surface area contributed by atoms with Gasteiger partial charge in [0, 0.05) is 12.3 Å². The van der Waals surface area contributed by atoms with Gasteiger partial charge in [-0.25, -0.2) is 4.98 Å². The summed E-state index contributed by atoms with van der Waals surface area (Å²) in [5.74, 6) is 0.493. The smallest absolute Gasteiger partial charge is 0.311 e. The van der Waals surface area contributed by atoms with Crippen molar-refractivity contribution in [3.63, 3.8) is 0 Å². The molecule has 1 aromatic heterocycles. The molecule has 0 radical (unpaired) electrons. The molecule has 6 heteroatoms. The normalized spacial score (nSPS) is 10.3. The molecule has 0 atom stereocenters. The van der Waals surface area contributed by atoms with Crippen molar-refractivity contribution in [2.45, 2.75) is 20.3 Å². The van der Waals surface area contributed by atoms with Crippen LogP contribution in [0.25, 0.3) is 0 Å². The van der Waals surface area contributed by atoms with E-state index in [2.05, 4.69) is 20.9 Å². The standard InChI is InChI=1S/C14H13BrN2O3/c1-3-10-4-5-13(12(7-10)17(18)19)20-14-11(15)6-9(2)8-16-14/h4-8H,3H2,1-2H3. The van der Waals surface area contributed by atoms with Gasteiger partial charge in [-0.2, -0.15) is 0 Å². The predicted octanol–water partition coefficient (Wildman–Crippen LogP) is 4.42. The highest BCUT2D eigenvalue weighted by Gasteiger charge is 2.18. The molecule has 0 spiro atoms. The molecule has 0 fully saturated rings. The van der Waals surface area contributed by atoms with Crippen molar-refractivity contribution in [3.8, 4) is 11.6 Å². The van der Waals surface area contributed by atoms with Crippen LogP contribution in [0.2, 0.25) is 0 Å². The van der Waals surface area contributed by atoms with E-state index in [0.717, 1.165) is 17.5 Å². The largest absolute Gasteiger partial charge is 0.431 e. The van der Waals surface area contributed by atoms with Crippen molar-refractivity contribution in [2.24, 2.45) is 0 Å². The molecule has 104 valence electrons. The molecule has 0 aliphatic rings. The Kier molecular flexibility index (Phi) is 4.34. The summed E-state index contributed by atoms with van der Waals surface area (Å²) in [6.45, 7) is 3.84. The van der Waals surface area contributed by atoms with Crippen molar-refractivity contribution in [2.75, 3.05) is 0 Å². The molecule has 2 rings (SSSR count). The third kappa shape index (κ3) is 3.14. The van der Waals surface area contributed by atoms with Crippen molar-refractivity contribution >= 4 is 21.6 Å². The van der Waals surface area contributed by atoms with Crippen molar-refractivity contribution in [1.82, 2.24) is 4.98 Å². The molecular weight excluding hydrogens is 324 g/mol. The predicted molar refractivity (Wildman–Crippen MR) is 79.2 cm³/mol. The molecule has 20 heavy (non-hydrogen) atoms. The summed E-state index contributed by atoms with van der Waals surface area (Å²) < 4.78 is 6.22. The van der Waals surface area contributed by atoms with E-state index in [0.29, 0.717) is 10.4 Å². The number of nitrogens with zero attached hydrogens (tertiary/aromatic N) is 2. The lowest BCUT2D eigenvalue weighted by Crippen LogP contribution is -1.97. The molecule has 0 aliphatic carbocycles. The average molecular weight is 337 g/mol. The first kappa shape index (κ1) is 14.5. The minimum Gasteiger partial charge on any atom is -0.431 e. The number of nitro groups is 1. The molecule has 0 saturated heterocycles. The van der Waals surface area contributed by atoms with Crippen molar-refractivity contribution < 1.29 is 9.66 Å². The number of halogens is 1. The first-order valence-corrected chi connectivity index (χ1v) is 6.88. The molecule has 0 unspecified atom stereocenters. The highest BCUT2D eigenvalue weighted by atomic mass is 79.9. The number of aromatic nitrogens is 1. The highest BCUT2D eigenvalue weighted by molar-refractivity contribution is 9.10. The number of pyridine rings is 1. The van der Waals surface area contributed by atoms with Gasteiger partial charge in [0.15, 0.2) is 0 Å². The van der Waals surface area contributed by atoms with Gasteiger partial charge in [0.2, 0.25) is 11.6 Å². The van der Waals surface area contributed by atoms with E-state index in [4.69, 9.17) is 4.74 Å². The maximum atomic E-state index is 11.1. The zero-order valence-corrected chi connectivity index (χ0v) is 12.7. The van der Waals surface area contributed by atoms with Crippen LogP contribution >= 0.6 is 15.9 Å². The maximum absolute atomic E-state index is 11.1. The quantitative estimate of drug-likeness (QED) is 0.612. The van der Waals surface area contributed by atoms with Crippen LogP contribution in [0.5, 0.6) is 11.6 Å². The number of hydrogen-bond acceptors (Lipinski definition) is 4. The average Bonchev–Trinajstić information content (AvgIpc) is 2.42. The van der Waals surface area contributed by atoms with Gasteiger partial charge in [0.05, 0.1) is 9.40 Å². The zero-order chi connectivity index (χ0) is 14.7. The molecular formula is C14H13BrN2O3. The van der Waals surface area contributed by atoms with Crippen LogP contribution in [0.1, 0.15) is 18.1 Å². The Morgan fingerprint density at radius 3 is 2.75 bits per heavy atom. The topological polar surface area (TPSA) is 65.3 Å². The molecule has 1 heterocycles. The molecule has 0 saturated carbocycles. The van der Waals surface area contributed by atoms with E-state index in [-0.39, 0.29) is 11.4 Å². The van der Waals surface area contributed by atoms with E-state index in [1.54, 1.807) is 12.3 Å². The van der Waals surface area contributed by atoms with E-state index in [1.165, 1.54) is 6.07 Å². The first-order valence-electron chi connectivity index (χ1n) is 6.08. The minimum absolute atomic E-state index is 0.0568. The van der Waals surface area contributed by atoms with Crippen LogP contribution in [-0.4, -0.2) is 9.91 Å². The highest BCUT2D eigenvalue weighted by Crippen LogP contribution is 2.34. The molecule has 0 bridgehead atoms. The molecule has 2 aromatic rings. The Morgan fingerprint density at radius 1 is 1.40 bits per heavy atom. The Hall–Kier alpha value is -1.95. The van der Waals surface area contributed by atoms with Crippen LogP contribution in [0.15, 0.2) is 34.9 Å². The summed E-state index contributed by atoms with van der Waals surface area (Å²) in [7, 11) is 0. The maximum Gasteiger partial charge on any atom is 0.311 e. The molecule has 1 aromatic carbocycles. The van der Waals surface area contributed by atoms with Crippen LogP contribution in [-0.2, 0) is 6.42 Å². The summed E-state index contributed by atoms with van der Waals surface area (Å²) in [5, 5.41) is 11.1. The van der Waals surface area contributed by atoms with Gasteiger partial charge in [0.1, 0.15) is 0 Å². The van der Waals surface area contributed by atoms with Gasteiger partial charge in [0.25, 0.3) is 0 Å². The summed E-state index contributed by atoms with van der Waals surface area (Å²) in [4.78, 5) is 14.8. The molecule has 5 nitrogen and oxygen atoms in total. The van der Waals surface area contributed by atoms with Gasteiger partial charge in [-0.1, -0.05) is 13.0 Å². The molecule has 0 N–H and O–H groups in total. The van der Waals surface area contributed by atoms with E-state index in [1.807, 2.05) is 26.0 Å². The van der Waals surface area contributed by atoms with E-state index in [9.17, 15) is 10.1 Å². The Balaban J connectivity index is 2.40. The SMILES string of the molecule is CCc1ccc(Oc2ncc(C)cc2Br)c([N+](=O)[O-])c1. The van der Waals surface area contributed by atoms with E-state index >= 15 is 0 Å². The second-order valence-electron chi connectivity index (χ2n) is 4.31. The van der Waals surface area contributed by atoms with Crippen LogP contribution in [0, 0.1) is 17.0 Å². The van der Waals surface area contributed by atoms with Gasteiger partial charge in [-0.05, 0) is 52.5 Å². The van der Waals surface area contributed by atoms with Crippen molar-refractivity contribution in [3.05, 3.63) is 56.2 Å². The summed E-state index contributed by atoms with van der Waals surface area (Å²) in [6.07, 6.45) is 2.37. The molecule has 0 aliphatic heterocycles. The zero-order valence-electron chi connectivity index (χ0n) is 11.1. The van der Waals surface area contributed by atoms with Gasteiger partial charge in [-0.15, -0.1) is 0 Å². The van der Waals surface area contributed by atoms with Crippen LogP contribution in [0.3, 0.4) is 0 Å². The Bertz CT molecular complexity index is 659. The minimum atomic E-state index is -0.448. The second kappa shape index (κ2) is 6.00. The number of benzene rings is 1. The third-order valence-electron chi connectivity index (χ3n) is 2.78. The fraction of sp³-hybridized carbons (Fsp3) is 0.214. The third-order valence-corrected chi connectivity index (χ3v) is 3.35.